The first-order chi connectivity index (χ1) is 17.8. The number of hydrogen-bond acceptors (Lipinski definition) is 9. The van der Waals surface area contributed by atoms with E-state index in [2.05, 4.69) is 39.2 Å². The zero-order chi connectivity index (χ0) is 31.3. The molecule has 1 aliphatic rings. The second-order valence-corrected chi connectivity index (χ2v) is 20.1. The van der Waals surface area contributed by atoms with Crippen LogP contribution in [-0.2, 0) is 33.0 Å². The van der Waals surface area contributed by atoms with Crippen molar-refractivity contribution >= 4 is 26.2 Å². The molecule has 40 heavy (non-hydrogen) atoms. The summed E-state index contributed by atoms with van der Waals surface area (Å²) < 4.78 is 23.4. The summed E-state index contributed by atoms with van der Waals surface area (Å²) in [5.41, 5.74) is -1.83. The van der Waals surface area contributed by atoms with E-state index in [4.69, 9.17) is 18.6 Å². The lowest BCUT2D eigenvalue weighted by Gasteiger charge is -2.41. The number of hydrogen-bond donors (Lipinski definition) is 1. The molecular formula is C30H58N2O7Si. The molecule has 1 fully saturated rings. The van der Waals surface area contributed by atoms with Gasteiger partial charge in [-0.1, -0.05) is 20.8 Å². The minimum atomic E-state index is -2.27. The van der Waals surface area contributed by atoms with Crippen LogP contribution in [0.25, 0.3) is 0 Å². The van der Waals surface area contributed by atoms with Crippen molar-refractivity contribution in [3.63, 3.8) is 0 Å². The number of rotatable bonds is 12. The molecule has 0 aromatic carbocycles. The van der Waals surface area contributed by atoms with E-state index in [9.17, 15) is 14.4 Å². The lowest BCUT2D eigenvalue weighted by molar-refractivity contribution is -0.166. The average molecular weight is 587 g/mol. The van der Waals surface area contributed by atoms with Crippen LogP contribution in [0.4, 0.5) is 0 Å². The maximum atomic E-state index is 13.1. The molecule has 0 spiro atoms. The SMILES string of the molecule is CC(C)(C)OC(=O)[C@H](CCN1CC[C@H]1C(=O)OC(C)(C)C)NCC[C@H](O[Si](C)(C)C(C)(C)C)C(=O)OC(C)(C)C. The predicted octanol–water partition coefficient (Wildman–Crippen LogP) is 5.21. The van der Waals surface area contributed by atoms with Crippen molar-refractivity contribution in [2.75, 3.05) is 19.6 Å². The van der Waals surface area contributed by atoms with Crippen molar-refractivity contribution < 1.29 is 33.0 Å². The zero-order valence-electron chi connectivity index (χ0n) is 27.8. The second-order valence-electron chi connectivity index (χ2n) is 15.4. The first kappa shape index (κ1) is 36.5. The molecule has 0 bridgehead atoms. The molecule has 1 rings (SSSR count). The smallest absolute Gasteiger partial charge is 0.334 e. The molecule has 0 amide bonds. The van der Waals surface area contributed by atoms with E-state index in [1.165, 1.54) is 0 Å². The molecule has 3 atom stereocenters. The van der Waals surface area contributed by atoms with Gasteiger partial charge >= 0.3 is 17.9 Å². The summed E-state index contributed by atoms with van der Waals surface area (Å²) in [6, 6.07) is -0.903. The second kappa shape index (κ2) is 13.7. The number of ether oxygens (including phenoxy) is 3. The fourth-order valence-corrected chi connectivity index (χ4v) is 5.11. The predicted molar refractivity (Wildman–Crippen MR) is 161 cm³/mol. The van der Waals surface area contributed by atoms with Crippen LogP contribution in [0.3, 0.4) is 0 Å². The highest BCUT2D eigenvalue weighted by molar-refractivity contribution is 6.74. The monoisotopic (exact) mass is 586 g/mol. The molecule has 0 aromatic rings. The van der Waals surface area contributed by atoms with Crippen molar-refractivity contribution in [2.45, 2.75) is 155 Å². The summed E-state index contributed by atoms with van der Waals surface area (Å²) in [6.45, 7) is 28.9. The highest BCUT2D eigenvalue weighted by Crippen LogP contribution is 2.38. The van der Waals surface area contributed by atoms with E-state index in [-0.39, 0.29) is 23.0 Å². The van der Waals surface area contributed by atoms with Crippen molar-refractivity contribution in [3.05, 3.63) is 0 Å². The first-order valence-electron chi connectivity index (χ1n) is 14.7. The quantitative estimate of drug-likeness (QED) is 0.187. The molecule has 9 nitrogen and oxygen atoms in total. The average Bonchev–Trinajstić information content (AvgIpc) is 2.65. The van der Waals surface area contributed by atoms with Gasteiger partial charge < -0.3 is 24.0 Å². The number of nitrogens with one attached hydrogen (secondary N) is 1. The van der Waals surface area contributed by atoms with Gasteiger partial charge in [0.05, 0.1) is 0 Å². The van der Waals surface area contributed by atoms with E-state index >= 15 is 0 Å². The molecule has 0 saturated carbocycles. The minimum absolute atomic E-state index is 0.0817. The number of nitrogens with zero attached hydrogens (tertiary/aromatic N) is 1. The van der Waals surface area contributed by atoms with Crippen LogP contribution in [0.15, 0.2) is 0 Å². The first-order valence-corrected chi connectivity index (χ1v) is 17.6. The summed E-state index contributed by atoms with van der Waals surface area (Å²) in [5.74, 6) is -0.988. The Bertz CT molecular complexity index is 863. The molecule has 1 N–H and O–H groups in total. The zero-order valence-corrected chi connectivity index (χ0v) is 28.8. The van der Waals surface area contributed by atoms with Crippen LogP contribution in [0.2, 0.25) is 18.1 Å². The normalized spacial score (nSPS) is 18.9. The van der Waals surface area contributed by atoms with Crippen molar-refractivity contribution in [1.29, 1.82) is 0 Å². The lowest BCUT2D eigenvalue weighted by atomic mass is 10.0. The third-order valence-electron chi connectivity index (χ3n) is 6.92. The summed E-state index contributed by atoms with van der Waals surface area (Å²) in [4.78, 5) is 40.9. The molecule has 1 aliphatic heterocycles. The number of likely N-dealkylation sites (tertiary alicyclic amines) is 1. The van der Waals surface area contributed by atoms with Crippen molar-refractivity contribution in [2.24, 2.45) is 0 Å². The molecular weight excluding hydrogens is 528 g/mol. The van der Waals surface area contributed by atoms with Crippen LogP contribution < -0.4 is 5.32 Å². The molecule has 1 heterocycles. The maximum absolute atomic E-state index is 13.1. The molecule has 234 valence electrons. The molecule has 0 radical (unpaired) electrons. The molecule has 0 unspecified atom stereocenters. The highest BCUT2D eigenvalue weighted by Gasteiger charge is 2.42. The Hall–Kier alpha value is -1.49. The van der Waals surface area contributed by atoms with E-state index in [0.717, 1.165) is 13.0 Å². The Morgan fingerprint density at radius 3 is 1.73 bits per heavy atom. The number of carbonyl (C=O) groups is 3. The van der Waals surface area contributed by atoms with Gasteiger partial charge in [-0.2, -0.15) is 0 Å². The van der Waals surface area contributed by atoms with Gasteiger partial charge in [0, 0.05) is 13.1 Å². The summed E-state index contributed by atoms with van der Waals surface area (Å²) >= 11 is 0. The summed E-state index contributed by atoms with van der Waals surface area (Å²) in [5, 5.41) is 3.23. The maximum Gasteiger partial charge on any atom is 0.334 e. The Kier molecular flexibility index (Phi) is 12.5. The van der Waals surface area contributed by atoms with Crippen LogP contribution in [0, 0.1) is 0 Å². The van der Waals surface area contributed by atoms with Crippen LogP contribution >= 0.6 is 0 Å². The van der Waals surface area contributed by atoms with Crippen LogP contribution in [-0.4, -0.2) is 85.8 Å². The van der Waals surface area contributed by atoms with Crippen LogP contribution in [0.5, 0.6) is 0 Å². The largest absolute Gasteiger partial charge is 0.459 e. The third kappa shape index (κ3) is 13.0. The summed E-state index contributed by atoms with van der Waals surface area (Å²) in [6.07, 6.45) is 0.792. The van der Waals surface area contributed by atoms with Gasteiger partial charge in [0.25, 0.3) is 0 Å². The lowest BCUT2D eigenvalue weighted by Crippen LogP contribution is -2.55. The Morgan fingerprint density at radius 1 is 0.800 bits per heavy atom. The topological polar surface area (TPSA) is 103 Å². The van der Waals surface area contributed by atoms with Crippen molar-refractivity contribution in [3.8, 4) is 0 Å². The number of carbonyl (C=O) groups excluding carboxylic acids is 3. The molecule has 10 heteroatoms. The van der Waals surface area contributed by atoms with Crippen molar-refractivity contribution in [1.82, 2.24) is 10.2 Å². The fraction of sp³-hybridized carbons (Fsp3) is 0.900. The minimum Gasteiger partial charge on any atom is -0.459 e. The Balaban J connectivity index is 2.96. The number of esters is 3. The van der Waals surface area contributed by atoms with E-state index in [1.54, 1.807) is 0 Å². The van der Waals surface area contributed by atoms with Gasteiger partial charge in [0.2, 0.25) is 0 Å². The Labute approximate surface area is 244 Å². The van der Waals surface area contributed by atoms with E-state index in [1.807, 2.05) is 67.2 Å². The van der Waals surface area contributed by atoms with Gasteiger partial charge in [0.15, 0.2) is 8.32 Å². The Morgan fingerprint density at radius 2 is 1.30 bits per heavy atom. The van der Waals surface area contributed by atoms with E-state index in [0.29, 0.717) is 25.9 Å². The van der Waals surface area contributed by atoms with Gasteiger partial charge in [-0.3, -0.25) is 14.5 Å². The van der Waals surface area contributed by atoms with Crippen LogP contribution in [0.1, 0.15) is 102 Å². The van der Waals surface area contributed by atoms with E-state index < -0.39 is 43.2 Å². The molecule has 1 saturated heterocycles. The molecule has 0 aliphatic carbocycles. The molecule has 0 aromatic heterocycles. The standard InChI is InChI=1S/C30H58N2O7Si/c1-27(2,3)36-24(33)21(16-19-32-20-17-22(32)25(34)37-28(4,5)6)31-18-15-23(26(35)38-29(7,8)9)39-40(13,14)30(10,11)12/h21-23,31H,15-20H2,1-14H3/t21-,22-,23-/m0/s1. The fourth-order valence-electron chi connectivity index (χ4n) is 3.83. The van der Waals surface area contributed by atoms with Gasteiger partial charge in [-0.05, 0) is 106 Å². The van der Waals surface area contributed by atoms with Gasteiger partial charge in [-0.15, -0.1) is 0 Å². The highest BCUT2D eigenvalue weighted by atomic mass is 28.4. The third-order valence-corrected chi connectivity index (χ3v) is 11.4. The van der Waals surface area contributed by atoms with Gasteiger partial charge in [-0.25, -0.2) is 4.79 Å². The summed E-state index contributed by atoms with van der Waals surface area (Å²) in [7, 11) is -2.27. The van der Waals surface area contributed by atoms with Gasteiger partial charge in [0.1, 0.15) is 35.0 Å².